The molecule has 1 aliphatic rings. The predicted molar refractivity (Wildman–Crippen MR) is 119 cm³/mol. The maximum atomic E-state index is 12.6. The second-order valence-corrected chi connectivity index (χ2v) is 8.96. The Morgan fingerprint density at radius 3 is 2.75 bits per heavy atom. The average Bonchev–Trinajstić information content (AvgIpc) is 3.05. The van der Waals surface area contributed by atoms with E-state index in [1.54, 1.807) is 12.1 Å². The molecule has 0 bridgehead atoms. The minimum Gasteiger partial charge on any atom is -0.465 e. The summed E-state index contributed by atoms with van der Waals surface area (Å²) in [5.74, 6) is -0.800. The zero-order valence-corrected chi connectivity index (χ0v) is 18.6. The van der Waals surface area contributed by atoms with Crippen molar-refractivity contribution in [2.75, 3.05) is 18.7 Å². The second-order valence-electron chi connectivity index (χ2n) is 6.16. The number of methoxy groups -OCH3 is 1. The van der Waals surface area contributed by atoms with Crippen molar-refractivity contribution in [2.24, 2.45) is 0 Å². The normalized spacial score (nSPS) is 12.8. The van der Waals surface area contributed by atoms with E-state index < -0.39 is 11.9 Å². The minimum absolute atomic E-state index is 0.111. The van der Waals surface area contributed by atoms with Crippen molar-refractivity contribution in [3.63, 3.8) is 0 Å². The van der Waals surface area contributed by atoms with Gasteiger partial charge in [0.2, 0.25) is 0 Å². The molecule has 0 radical (unpaired) electrons. The van der Waals surface area contributed by atoms with Crippen LogP contribution in [-0.4, -0.2) is 30.4 Å². The number of hydrogen-bond acceptors (Lipinski definition) is 6. The number of carbonyl (C=O) groups excluding carboxylic acids is 2. The molecule has 0 atom stereocenters. The van der Waals surface area contributed by atoms with E-state index in [4.69, 9.17) is 28.6 Å². The molecular formula is C19H19ClN2O3S3. The number of amides is 1. The number of carbonyl (C=O) groups is 2. The number of aryl methyl sites for hydroxylation is 1. The molecule has 0 saturated carbocycles. The van der Waals surface area contributed by atoms with Gasteiger partial charge in [-0.1, -0.05) is 11.6 Å². The fourth-order valence-electron chi connectivity index (χ4n) is 3.08. The first-order valence-electron chi connectivity index (χ1n) is 8.63. The quantitative estimate of drug-likeness (QED) is 0.388. The number of fused-ring (bicyclic) bond motifs is 1. The summed E-state index contributed by atoms with van der Waals surface area (Å²) in [4.78, 5) is 27.0. The number of halogens is 1. The summed E-state index contributed by atoms with van der Waals surface area (Å²) >= 11 is 14.5. The van der Waals surface area contributed by atoms with Gasteiger partial charge in [0, 0.05) is 9.77 Å². The summed E-state index contributed by atoms with van der Waals surface area (Å²) < 4.78 is 4.95. The van der Waals surface area contributed by atoms with E-state index in [1.807, 2.05) is 12.3 Å². The Morgan fingerprint density at radius 1 is 1.29 bits per heavy atom. The van der Waals surface area contributed by atoms with E-state index in [9.17, 15) is 9.59 Å². The first-order chi connectivity index (χ1) is 13.4. The number of esters is 1. The average molecular weight is 455 g/mol. The first-order valence-corrected chi connectivity index (χ1v) is 11.5. The third-order valence-corrected chi connectivity index (χ3v) is 6.90. The number of thiophene rings is 1. The highest BCUT2D eigenvalue weighted by atomic mass is 35.5. The van der Waals surface area contributed by atoms with Gasteiger partial charge in [-0.2, -0.15) is 0 Å². The van der Waals surface area contributed by atoms with Crippen molar-refractivity contribution in [3.8, 4) is 0 Å². The molecule has 148 valence electrons. The highest BCUT2D eigenvalue weighted by Crippen LogP contribution is 2.38. The molecule has 5 nitrogen and oxygen atoms in total. The van der Waals surface area contributed by atoms with E-state index >= 15 is 0 Å². The van der Waals surface area contributed by atoms with Gasteiger partial charge in [0.05, 0.1) is 23.3 Å². The molecule has 28 heavy (non-hydrogen) atoms. The Balaban J connectivity index is 1.79. The molecule has 0 fully saturated rings. The summed E-state index contributed by atoms with van der Waals surface area (Å²) in [5, 5.41) is 6.71. The number of thiocarbonyl (C=S) groups is 1. The molecule has 1 aliphatic carbocycles. The third kappa shape index (κ3) is 4.51. The number of nitrogens with one attached hydrogen (secondary N) is 2. The first kappa shape index (κ1) is 21.1. The van der Waals surface area contributed by atoms with Crippen molar-refractivity contribution in [1.82, 2.24) is 5.32 Å². The van der Waals surface area contributed by atoms with Gasteiger partial charge in [-0.25, -0.2) is 4.79 Å². The molecule has 0 spiro atoms. The van der Waals surface area contributed by atoms with Crippen molar-refractivity contribution < 1.29 is 14.3 Å². The number of ether oxygens (including phenoxy) is 1. The summed E-state index contributed by atoms with van der Waals surface area (Å²) in [6.07, 6.45) is 5.83. The molecule has 2 N–H and O–H groups in total. The molecular weight excluding hydrogens is 436 g/mol. The number of hydrogen-bond donors (Lipinski definition) is 2. The fourth-order valence-corrected chi connectivity index (χ4v) is 5.27. The number of rotatable bonds is 4. The molecule has 1 heterocycles. The molecule has 0 aliphatic heterocycles. The van der Waals surface area contributed by atoms with Gasteiger partial charge in [-0.15, -0.1) is 23.1 Å². The zero-order chi connectivity index (χ0) is 20.3. The molecule has 2 aromatic rings. The topological polar surface area (TPSA) is 67.4 Å². The van der Waals surface area contributed by atoms with Crippen LogP contribution in [0.5, 0.6) is 0 Å². The Labute approximate surface area is 182 Å². The van der Waals surface area contributed by atoms with Crippen LogP contribution in [0.1, 0.15) is 44.0 Å². The highest BCUT2D eigenvalue weighted by molar-refractivity contribution is 7.98. The zero-order valence-electron chi connectivity index (χ0n) is 15.4. The van der Waals surface area contributed by atoms with E-state index in [2.05, 4.69) is 10.6 Å². The number of benzene rings is 1. The lowest BCUT2D eigenvalue weighted by molar-refractivity contribution is 0.0601. The van der Waals surface area contributed by atoms with Crippen LogP contribution < -0.4 is 10.6 Å². The van der Waals surface area contributed by atoms with Gasteiger partial charge in [0.25, 0.3) is 5.91 Å². The van der Waals surface area contributed by atoms with Gasteiger partial charge in [0.1, 0.15) is 5.00 Å². The van der Waals surface area contributed by atoms with Gasteiger partial charge in [0.15, 0.2) is 5.11 Å². The van der Waals surface area contributed by atoms with E-state index in [-0.39, 0.29) is 5.11 Å². The van der Waals surface area contributed by atoms with Gasteiger partial charge < -0.3 is 10.1 Å². The van der Waals surface area contributed by atoms with Crippen molar-refractivity contribution in [3.05, 3.63) is 44.8 Å². The predicted octanol–water partition coefficient (Wildman–Crippen LogP) is 4.92. The Kier molecular flexibility index (Phi) is 6.98. The Morgan fingerprint density at radius 2 is 2.04 bits per heavy atom. The number of thioether (sulfide) groups is 1. The molecule has 0 saturated heterocycles. The van der Waals surface area contributed by atoms with Gasteiger partial charge in [-0.05, 0) is 67.9 Å². The Bertz CT molecular complexity index is 943. The molecule has 1 amide bonds. The molecule has 9 heteroatoms. The SMILES string of the molecule is COC(=O)c1c(NC(=S)NC(=O)c2cc(SC)ccc2Cl)sc2c1CCCC2. The van der Waals surface area contributed by atoms with E-state index in [0.717, 1.165) is 36.1 Å². The minimum atomic E-state index is -0.403. The number of anilines is 1. The largest absolute Gasteiger partial charge is 0.465 e. The van der Waals surface area contributed by atoms with Crippen LogP contribution in [0.15, 0.2) is 23.1 Å². The monoisotopic (exact) mass is 454 g/mol. The van der Waals surface area contributed by atoms with Crippen LogP contribution in [0.4, 0.5) is 5.00 Å². The summed E-state index contributed by atoms with van der Waals surface area (Å²) in [6, 6.07) is 5.25. The van der Waals surface area contributed by atoms with Crippen LogP contribution in [-0.2, 0) is 17.6 Å². The van der Waals surface area contributed by atoms with Gasteiger partial charge in [-0.3, -0.25) is 10.1 Å². The van der Waals surface area contributed by atoms with Crippen LogP contribution >= 0.6 is 46.9 Å². The lowest BCUT2D eigenvalue weighted by atomic mass is 9.95. The summed E-state index contributed by atoms with van der Waals surface area (Å²) in [5.41, 5.74) is 1.88. The van der Waals surface area contributed by atoms with Crippen molar-refractivity contribution >= 4 is 68.9 Å². The fraction of sp³-hybridized carbons (Fsp3) is 0.316. The maximum absolute atomic E-state index is 12.6. The second kappa shape index (κ2) is 9.26. The van der Waals surface area contributed by atoms with Crippen LogP contribution in [0.2, 0.25) is 5.02 Å². The lowest BCUT2D eigenvalue weighted by Gasteiger charge is -2.12. The van der Waals surface area contributed by atoms with Crippen molar-refractivity contribution in [2.45, 2.75) is 30.6 Å². The maximum Gasteiger partial charge on any atom is 0.341 e. The van der Waals surface area contributed by atoms with Crippen LogP contribution in [0, 0.1) is 0 Å². The molecule has 1 aromatic heterocycles. The lowest BCUT2D eigenvalue weighted by Crippen LogP contribution is -2.34. The van der Waals surface area contributed by atoms with E-state index in [0.29, 0.717) is 21.2 Å². The standard InChI is InChI=1S/C19H19ClN2O3S3/c1-25-18(24)15-11-5-3-4-6-14(11)28-17(15)22-19(26)21-16(23)12-9-10(27-2)7-8-13(12)20/h7-9H,3-6H2,1-2H3,(H2,21,22,23,26). The summed E-state index contributed by atoms with van der Waals surface area (Å²) in [7, 11) is 1.36. The van der Waals surface area contributed by atoms with E-state index in [1.165, 1.54) is 35.1 Å². The Hall–Kier alpha value is -1.61. The van der Waals surface area contributed by atoms with Gasteiger partial charge >= 0.3 is 5.97 Å². The third-order valence-electron chi connectivity index (χ3n) is 4.43. The van der Waals surface area contributed by atoms with Crippen molar-refractivity contribution in [1.29, 1.82) is 0 Å². The van der Waals surface area contributed by atoms with Crippen LogP contribution in [0.3, 0.4) is 0 Å². The molecule has 1 aromatic carbocycles. The highest BCUT2D eigenvalue weighted by Gasteiger charge is 2.26. The smallest absolute Gasteiger partial charge is 0.341 e. The summed E-state index contributed by atoms with van der Waals surface area (Å²) in [6.45, 7) is 0. The molecule has 0 unspecified atom stereocenters. The molecule has 3 rings (SSSR count). The van der Waals surface area contributed by atoms with Crippen LogP contribution in [0.25, 0.3) is 0 Å².